The predicted molar refractivity (Wildman–Crippen MR) is 105 cm³/mol. The molecule has 5 nitrogen and oxygen atoms in total. The van der Waals surface area contributed by atoms with Crippen LogP contribution >= 0.6 is 12.4 Å². The Labute approximate surface area is 162 Å². The van der Waals surface area contributed by atoms with Crippen LogP contribution in [0.2, 0.25) is 0 Å². The summed E-state index contributed by atoms with van der Waals surface area (Å²) in [6.07, 6.45) is -3.43. The van der Waals surface area contributed by atoms with Crippen LogP contribution in [-0.2, 0) is 6.54 Å². The van der Waals surface area contributed by atoms with Gasteiger partial charge in [-0.2, -0.15) is 18.3 Å². The topological polar surface area (TPSA) is 46.0 Å². The molecule has 3 rings (SSSR count). The maximum absolute atomic E-state index is 12.9. The Morgan fingerprint density at radius 2 is 1.89 bits per heavy atom. The highest BCUT2D eigenvalue weighted by atomic mass is 35.5. The van der Waals surface area contributed by atoms with E-state index in [1.807, 2.05) is 32.3 Å². The summed E-state index contributed by atoms with van der Waals surface area (Å²) in [6.45, 7) is 2.20. The monoisotopic (exact) mass is 401 g/mol. The molecule has 0 aliphatic carbocycles. The van der Waals surface area contributed by atoms with E-state index in [4.69, 9.17) is 0 Å². The number of para-hydroxylation sites is 1. The molecule has 0 unspecified atom stereocenters. The molecule has 0 spiro atoms. The van der Waals surface area contributed by atoms with Gasteiger partial charge in [0.25, 0.3) is 0 Å². The third-order valence-corrected chi connectivity index (χ3v) is 4.16. The van der Waals surface area contributed by atoms with Crippen LogP contribution in [0.1, 0.15) is 12.1 Å². The van der Waals surface area contributed by atoms with E-state index >= 15 is 0 Å². The van der Waals surface area contributed by atoms with Crippen molar-refractivity contribution in [2.75, 3.05) is 32.5 Å². The van der Waals surface area contributed by atoms with Gasteiger partial charge in [0.15, 0.2) is 5.65 Å². The number of alkyl halides is 3. The van der Waals surface area contributed by atoms with E-state index in [0.717, 1.165) is 28.7 Å². The number of pyridine rings is 1. The number of rotatable bonds is 6. The first-order valence-electron chi connectivity index (χ1n) is 8.47. The van der Waals surface area contributed by atoms with E-state index in [1.165, 1.54) is 0 Å². The van der Waals surface area contributed by atoms with Gasteiger partial charge in [-0.1, -0.05) is 18.2 Å². The lowest BCUT2D eigenvalue weighted by Crippen LogP contribution is -2.19. The number of halogens is 4. The normalized spacial score (nSPS) is 12.0. The number of nitrogens with zero attached hydrogens (tertiary/aromatic N) is 4. The molecule has 27 heavy (non-hydrogen) atoms. The number of anilines is 1. The first-order chi connectivity index (χ1) is 12.3. The van der Waals surface area contributed by atoms with Gasteiger partial charge in [-0.3, -0.25) is 0 Å². The minimum absolute atomic E-state index is 0. The molecule has 0 fully saturated rings. The van der Waals surface area contributed by atoms with E-state index in [-0.39, 0.29) is 18.1 Å². The highest BCUT2D eigenvalue weighted by Gasteiger charge is 2.30. The Morgan fingerprint density at radius 1 is 1.19 bits per heavy atom. The van der Waals surface area contributed by atoms with E-state index in [0.29, 0.717) is 23.1 Å². The lowest BCUT2D eigenvalue weighted by molar-refractivity contribution is -0.141. The van der Waals surface area contributed by atoms with Crippen LogP contribution in [0.25, 0.3) is 21.9 Å². The van der Waals surface area contributed by atoms with Crippen molar-refractivity contribution >= 4 is 40.0 Å². The van der Waals surface area contributed by atoms with Crippen molar-refractivity contribution in [3.8, 4) is 0 Å². The Morgan fingerprint density at radius 3 is 2.56 bits per heavy atom. The first-order valence-corrected chi connectivity index (χ1v) is 8.47. The second-order valence-electron chi connectivity index (χ2n) is 6.64. The highest BCUT2D eigenvalue weighted by molar-refractivity contribution is 6.07. The average molecular weight is 402 g/mol. The molecule has 0 aliphatic rings. The molecule has 0 atom stereocenters. The van der Waals surface area contributed by atoms with Crippen molar-refractivity contribution in [2.24, 2.45) is 0 Å². The average Bonchev–Trinajstić information content (AvgIpc) is 2.84. The standard InChI is InChI=1S/C18H22F3N5.ClH/c1-12-15-16(22-9-6-10-25(2)3)13-7-4-5-8-14(13)23-17(15)26(24-12)11-18(19,20)21;/h4-5,7-8H,6,9-11H2,1-3H3,(H,22,23);1H. The van der Waals surface area contributed by atoms with Crippen molar-refractivity contribution in [1.29, 1.82) is 0 Å². The molecule has 0 saturated carbocycles. The molecule has 0 bridgehead atoms. The summed E-state index contributed by atoms with van der Waals surface area (Å²) in [5.74, 6) is 0. The fraction of sp³-hybridized carbons (Fsp3) is 0.444. The van der Waals surface area contributed by atoms with Gasteiger partial charge in [-0.15, -0.1) is 12.4 Å². The van der Waals surface area contributed by atoms with Crippen LogP contribution in [-0.4, -0.2) is 53.0 Å². The molecule has 1 N–H and O–H groups in total. The number of hydrogen-bond donors (Lipinski definition) is 1. The third kappa shape index (κ3) is 4.81. The summed E-state index contributed by atoms with van der Waals surface area (Å²) in [4.78, 5) is 6.54. The lowest BCUT2D eigenvalue weighted by atomic mass is 10.1. The van der Waals surface area contributed by atoms with E-state index < -0.39 is 12.7 Å². The Balaban J connectivity index is 0.00000261. The smallest absolute Gasteiger partial charge is 0.384 e. The van der Waals surface area contributed by atoms with Crippen molar-refractivity contribution in [3.63, 3.8) is 0 Å². The number of fused-ring (bicyclic) bond motifs is 2. The summed E-state index contributed by atoms with van der Waals surface area (Å²) in [7, 11) is 4.01. The number of nitrogens with one attached hydrogen (secondary N) is 1. The zero-order chi connectivity index (χ0) is 18.9. The van der Waals surface area contributed by atoms with Gasteiger partial charge in [0.1, 0.15) is 6.54 Å². The van der Waals surface area contributed by atoms with Gasteiger partial charge in [0.05, 0.1) is 22.3 Å². The molecule has 0 radical (unpaired) electrons. The molecule has 2 heterocycles. The van der Waals surface area contributed by atoms with E-state index in [1.54, 1.807) is 13.0 Å². The number of hydrogen-bond acceptors (Lipinski definition) is 4. The molecule has 0 aliphatic heterocycles. The molecule has 148 valence electrons. The van der Waals surface area contributed by atoms with Gasteiger partial charge in [0, 0.05) is 11.9 Å². The second-order valence-corrected chi connectivity index (χ2v) is 6.64. The van der Waals surface area contributed by atoms with Crippen molar-refractivity contribution in [2.45, 2.75) is 26.1 Å². The van der Waals surface area contributed by atoms with Crippen molar-refractivity contribution in [3.05, 3.63) is 30.0 Å². The quantitative estimate of drug-likeness (QED) is 0.627. The minimum atomic E-state index is -4.35. The first kappa shape index (κ1) is 21.2. The van der Waals surface area contributed by atoms with Crippen LogP contribution in [0.15, 0.2) is 24.3 Å². The SMILES string of the molecule is Cc1nn(CC(F)(F)F)c2nc3ccccc3c(NCCCN(C)C)c12.Cl. The number of benzene rings is 1. The van der Waals surface area contributed by atoms with Crippen LogP contribution in [0.3, 0.4) is 0 Å². The fourth-order valence-electron chi connectivity index (χ4n) is 3.08. The van der Waals surface area contributed by atoms with Gasteiger partial charge in [0.2, 0.25) is 0 Å². The minimum Gasteiger partial charge on any atom is -0.384 e. The number of aromatic nitrogens is 3. The molecule has 2 aromatic heterocycles. The molecule has 0 saturated heterocycles. The molecule has 9 heteroatoms. The molecule has 0 amide bonds. The van der Waals surface area contributed by atoms with Crippen LogP contribution in [0.5, 0.6) is 0 Å². The Hall–Kier alpha value is -2.06. The highest BCUT2D eigenvalue weighted by Crippen LogP contribution is 2.33. The van der Waals surface area contributed by atoms with Crippen LogP contribution in [0, 0.1) is 6.92 Å². The largest absolute Gasteiger partial charge is 0.408 e. The summed E-state index contributed by atoms with van der Waals surface area (Å²) in [6, 6.07) is 7.46. The molecule has 3 aromatic rings. The fourth-order valence-corrected chi connectivity index (χ4v) is 3.08. The van der Waals surface area contributed by atoms with Crippen LogP contribution in [0.4, 0.5) is 18.9 Å². The maximum Gasteiger partial charge on any atom is 0.408 e. The maximum atomic E-state index is 12.9. The van der Waals surface area contributed by atoms with Gasteiger partial charge < -0.3 is 10.2 Å². The van der Waals surface area contributed by atoms with Crippen molar-refractivity contribution in [1.82, 2.24) is 19.7 Å². The zero-order valence-electron chi connectivity index (χ0n) is 15.5. The molecule has 1 aromatic carbocycles. The summed E-state index contributed by atoms with van der Waals surface area (Å²) < 4.78 is 39.7. The third-order valence-electron chi connectivity index (χ3n) is 4.16. The molecular weight excluding hydrogens is 379 g/mol. The van der Waals surface area contributed by atoms with Crippen molar-refractivity contribution < 1.29 is 13.2 Å². The van der Waals surface area contributed by atoms with Crippen LogP contribution < -0.4 is 5.32 Å². The van der Waals surface area contributed by atoms with E-state index in [2.05, 4.69) is 20.3 Å². The number of aryl methyl sites for hydroxylation is 1. The van der Waals surface area contributed by atoms with E-state index in [9.17, 15) is 13.2 Å². The summed E-state index contributed by atoms with van der Waals surface area (Å²) in [5.41, 5.74) is 2.25. The molecular formula is C18H23ClF3N5. The zero-order valence-corrected chi connectivity index (χ0v) is 16.3. The van der Waals surface area contributed by atoms with Gasteiger partial charge >= 0.3 is 6.18 Å². The second kappa shape index (κ2) is 8.31. The summed E-state index contributed by atoms with van der Waals surface area (Å²) in [5, 5.41) is 9.04. The van der Waals surface area contributed by atoms with Gasteiger partial charge in [-0.25, -0.2) is 9.67 Å². The van der Waals surface area contributed by atoms with Gasteiger partial charge in [-0.05, 0) is 40.1 Å². The Bertz CT molecular complexity index is 921. The Kier molecular flexibility index (Phi) is 6.54. The lowest BCUT2D eigenvalue weighted by Gasteiger charge is -2.14. The predicted octanol–water partition coefficient (Wildman–Crippen LogP) is 4.24. The summed E-state index contributed by atoms with van der Waals surface area (Å²) >= 11 is 0.